The van der Waals surface area contributed by atoms with Gasteiger partial charge in [-0.15, -0.1) is 24.0 Å². The summed E-state index contributed by atoms with van der Waals surface area (Å²) in [7, 11) is 1.68. The molecule has 0 aliphatic carbocycles. The normalized spacial score (nSPS) is 10.6. The van der Waals surface area contributed by atoms with Crippen LogP contribution < -0.4 is 10.6 Å². The molecule has 128 valence electrons. The van der Waals surface area contributed by atoms with Gasteiger partial charge in [0.25, 0.3) is 5.69 Å². The minimum absolute atomic E-state index is 0. The van der Waals surface area contributed by atoms with Crippen molar-refractivity contribution in [2.24, 2.45) is 4.99 Å². The molecule has 0 amide bonds. The molecule has 2 rings (SSSR count). The summed E-state index contributed by atoms with van der Waals surface area (Å²) in [5.41, 5.74) is 1.92. The second kappa shape index (κ2) is 10.5. The number of nitro groups is 1. The second-order valence-corrected chi connectivity index (χ2v) is 4.85. The number of pyridine rings is 1. The fraction of sp³-hybridized carbons (Fsp3) is 0.250. The van der Waals surface area contributed by atoms with Crippen molar-refractivity contribution in [1.82, 2.24) is 15.6 Å². The molecule has 24 heavy (non-hydrogen) atoms. The van der Waals surface area contributed by atoms with Crippen molar-refractivity contribution >= 4 is 35.6 Å². The van der Waals surface area contributed by atoms with Crippen LogP contribution in [0.5, 0.6) is 0 Å². The van der Waals surface area contributed by atoms with Gasteiger partial charge in [0.2, 0.25) is 0 Å². The third-order valence-corrected chi connectivity index (χ3v) is 3.20. The molecule has 0 saturated heterocycles. The molecule has 0 aliphatic heterocycles. The van der Waals surface area contributed by atoms with Crippen LogP contribution in [0.4, 0.5) is 5.69 Å². The van der Waals surface area contributed by atoms with Crippen LogP contribution in [0.1, 0.15) is 11.3 Å². The molecule has 0 atom stereocenters. The summed E-state index contributed by atoms with van der Waals surface area (Å²) in [6, 6.07) is 12.3. The van der Waals surface area contributed by atoms with Crippen molar-refractivity contribution < 1.29 is 4.92 Å². The molecule has 7 nitrogen and oxygen atoms in total. The summed E-state index contributed by atoms with van der Waals surface area (Å²) < 4.78 is 0. The molecule has 0 bridgehead atoms. The Morgan fingerprint density at radius 2 is 2.08 bits per heavy atom. The summed E-state index contributed by atoms with van der Waals surface area (Å²) in [6.45, 7) is 1.16. The fourth-order valence-corrected chi connectivity index (χ4v) is 2.04. The molecule has 1 aromatic carbocycles. The first-order valence-electron chi connectivity index (χ1n) is 7.27. The zero-order chi connectivity index (χ0) is 16.5. The van der Waals surface area contributed by atoms with Gasteiger partial charge in [-0.25, -0.2) is 0 Å². The Balaban J connectivity index is 0.00000288. The van der Waals surface area contributed by atoms with Gasteiger partial charge in [0.05, 0.1) is 4.92 Å². The third-order valence-electron chi connectivity index (χ3n) is 3.20. The predicted molar refractivity (Wildman–Crippen MR) is 105 cm³/mol. The number of nitrogens with zero attached hydrogens (tertiary/aromatic N) is 3. The van der Waals surface area contributed by atoms with E-state index in [2.05, 4.69) is 20.6 Å². The number of aromatic nitrogens is 1. The first-order valence-corrected chi connectivity index (χ1v) is 7.27. The maximum atomic E-state index is 10.8. The van der Waals surface area contributed by atoms with E-state index in [1.54, 1.807) is 25.4 Å². The smallest absolute Gasteiger partial charge is 0.269 e. The summed E-state index contributed by atoms with van der Waals surface area (Å²) >= 11 is 0. The monoisotopic (exact) mass is 441 g/mol. The maximum Gasteiger partial charge on any atom is 0.269 e. The zero-order valence-electron chi connectivity index (χ0n) is 13.3. The van der Waals surface area contributed by atoms with Gasteiger partial charge in [-0.3, -0.25) is 20.1 Å². The lowest BCUT2D eigenvalue weighted by Crippen LogP contribution is -2.37. The number of hydrogen-bond acceptors (Lipinski definition) is 4. The van der Waals surface area contributed by atoms with Crippen molar-refractivity contribution in [3.05, 3.63) is 70.0 Å². The van der Waals surface area contributed by atoms with Gasteiger partial charge in [-0.1, -0.05) is 18.2 Å². The maximum absolute atomic E-state index is 10.8. The molecule has 0 saturated carbocycles. The van der Waals surface area contributed by atoms with E-state index in [-0.39, 0.29) is 29.7 Å². The van der Waals surface area contributed by atoms with Crippen molar-refractivity contribution in [3.8, 4) is 0 Å². The highest BCUT2D eigenvalue weighted by Gasteiger charge is 2.06. The number of non-ortho nitro benzene ring substituents is 1. The molecular formula is C16H20IN5O2. The van der Waals surface area contributed by atoms with Gasteiger partial charge < -0.3 is 10.6 Å². The van der Waals surface area contributed by atoms with E-state index in [0.29, 0.717) is 19.0 Å². The fourth-order valence-electron chi connectivity index (χ4n) is 2.04. The lowest BCUT2D eigenvalue weighted by Gasteiger charge is -2.11. The van der Waals surface area contributed by atoms with Crippen molar-refractivity contribution in [3.63, 3.8) is 0 Å². The van der Waals surface area contributed by atoms with E-state index >= 15 is 0 Å². The molecule has 2 N–H and O–H groups in total. The highest BCUT2D eigenvalue weighted by Crippen LogP contribution is 2.12. The van der Waals surface area contributed by atoms with E-state index < -0.39 is 4.92 Å². The Kier molecular flexibility index (Phi) is 8.69. The summed E-state index contributed by atoms with van der Waals surface area (Å²) in [5, 5.41) is 17.1. The van der Waals surface area contributed by atoms with Crippen LogP contribution in [0.2, 0.25) is 0 Å². The average molecular weight is 441 g/mol. The Hall–Kier alpha value is -2.23. The minimum atomic E-state index is -0.399. The van der Waals surface area contributed by atoms with Crippen molar-refractivity contribution in [2.75, 3.05) is 13.6 Å². The van der Waals surface area contributed by atoms with Gasteiger partial charge in [0.15, 0.2) is 5.96 Å². The molecule has 0 unspecified atom stereocenters. The van der Waals surface area contributed by atoms with Gasteiger partial charge in [-0.2, -0.15) is 0 Å². The average Bonchev–Trinajstić information content (AvgIpc) is 2.59. The minimum Gasteiger partial charge on any atom is -0.356 e. The Morgan fingerprint density at radius 1 is 1.25 bits per heavy atom. The Labute approximate surface area is 157 Å². The van der Waals surface area contributed by atoms with Gasteiger partial charge >= 0.3 is 0 Å². The van der Waals surface area contributed by atoms with Crippen LogP contribution in [0.25, 0.3) is 0 Å². The van der Waals surface area contributed by atoms with Crippen LogP contribution >= 0.6 is 24.0 Å². The number of nitro benzene ring substituents is 1. The topological polar surface area (TPSA) is 92.5 Å². The number of benzene rings is 1. The summed E-state index contributed by atoms with van der Waals surface area (Å²) in [5.74, 6) is 0.646. The quantitative estimate of drug-likeness (QED) is 0.236. The lowest BCUT2D eigenvalue weighted by atomic mass is 10.2. The molecule has 0 fully saturated rings. The molecule has 2 aromatic rings. The van der Waals surface area contributed by atoms with Crippen molar-refractivity contribution in [2.45, 2.75) is 13.0 Å². The molecular weight excluding hydrogens is 421 g/mol. The number of rotatable bonds is 6. The van der Waals surface area contributed by atoms with Crippen LogP contribution in [0.3, 0.4) is 0 Å². The number of aliphatic imine (C=N–C) groups is 1. The zero-order valence-corrected chi connectivity index (χ0v) is 15.6. The lowest BCUT2D eigenvalue weighted by molar-refractivity contribution is -0.384. The van der Waals surface area contributed by atoms with E-state index in [1.165, 1.54) is 6.07 Å². The predicted octanol–water partition coefficient (Wildman–Crippen LogP) is 2.52. The first-order chi connectivity index (χ1) is 11.2. The largest absolute Gasteiger partial charge is 0.356 e. The van der Waals surface area contributed by atoms with Crippen LogP contribution in [0.15, 0.2) is 53.7 Å². The molecule has 1 heterocycles. The number of nitrogens with one attached hydrogen (secondary N) is 2. The Bertz CT molecular complexity index is 679. The molecule has 0 spiro atoms. The standard InChI is InChI=1S/C16H19N5O2.HI/c1-17-16(19-10-8-14-6-2-3-9-18-14)20-12-13-5-4-7-15(11-13)21(22)23;/h2-7,9,11H,8,10,12H2,1H3,(H2,17,19,20);1H. The highest BCUT2D eigenvalue weighted by atomic mass is 127. The van der Waals surface area contributed by atoms with Gasteiger partial charge in [0, 0.05) is 50.6 Å². The molecule has 0 radical (unpaired) electrons. The van der Waals surface area contributed by atoms with Crippen molar-refractivity contribution in [1.29, 1.82) is 0 Å². The van der Waals surface area contributed by atoms with Gasteiger partial charge in [0.1, 0.15) is 0 Å². The molecule has 0 aliphatic rings. The second-order valence-electron chi connectivity index (χ2n) is 4.85. The molecule has 1 aromatic heterocycles. The van der Waals surface area contributed by atoms with Crippen LogP contribution in [-0.2, 0) is 13.0 Å². The highest BCUT2D eigenvalue weighted by molar-refractivity contribution is 14.0. The number of guanidine groups is 1. The Morgan fingerprint density at radius 3 is 2.75 bits per heavy atom. The van der Waals surface area contributed by atoms with Gasteiger partial charge in [-0.05, 0) is 17.7 Å². The van der Waals surface area contributed by atoms with E-state index in [4.69, 9.17) is 0 Å². The number of halogens is 1. The third kappa shape index (κ3) is 6.49. The van der Waals surface area contributed by atoms with E-state index in [1.807, 2.05) is 24.3 Å². The van der Waals surface area contributed by atoms with Crippen LogP contribution in [-0.4, -0.2) is 29.5 Å². The SMILES string of the molecule is CN=C(NCCc1ccccn1)NCc1cccc([N+](=O)[O-])c1.I. The van der Waals surface area contributed by atoms with E-state index in [0.717, 1.165) is 17.7 Å². The first kappa shape index (κ1) is 19.8. The summed E-state index contributed by atoms with van der Waals surface area (Å²) in [4.78, 5) is 18.8. The number of hydrogen-bond donors (Lipinski definition) is 2. The molecule has 8 heteroatoms. The summed E-state index contributed by atoms with van der Waals surface area (Å²) in [6.07, 6.45) is 2.56. The van der Waals surface area contributed by atoms with E-state index in [9.17, 15) is 10.1 Å². The van der Waals surface area contributed by atoms with Crippen LogP contribution in [0, 0.1) is 10.1 Å².